The Morgan fingerprint density at radius 3 is 2.65 bits per heavy atom. The van der Waals surface area contributed by atoms with E-state index in [1.54, 1.807) is 0 Å². The summed E-state index contributed by atoms with van der Waals surface area (Å²) in [6, 6.07) is 9.61. The van der Waals surface area contributed by atoms with Crippen LogP contribution in [0, 0.1) is 5.92 Å². The third-order valence-corrected chi connectivity index (χ3v) is 7.60. The number of rotatable bonds is 3. The topological polar surface area (TPSA) is 29.5 Å². The molecule has 0 spiro atoms. The zero-order valence-corrected chi connectivity index (χ0v) is 16.2. The molecule has 1 aromatic heterocycles. The summed E-state index contributed by atoms with van der Waals surface area (Å²) in [4.78, 5) is 16.6. The molecule has 2 atom stereocenters. The van der Waals surface area contributed by atoms with Gasteiger partial charge in [-0.25, -0.2) is 0 Å². The van der Waals surface area contributed by atoms with E-state index in [9.17, 15) is 4.79 Å². The number of carbonyl (C=O) groups excluding carboxylic acids is 1. The van der Waals surface area contributed by atoms with Gasteiger partial charge < -0.3 is 9.64 Å². The van der Waals surface area contributed by atoms with Crippen LogP contribution in [-0.2, 0) is 16.8 Å². The van der Waals surface area contributed by atoms with Crippen LogP contribution in [0.4, 0.5) is 0 Å². The van der Waals surface area contributed by atoms with E-state index in [4.69, 9.17) is 16.3 Å². The number of halogens is 1. The summed E-state index contributed by atoms with van der Waals surface area (Å²) in [5, 5.41) is 2.86. The Morgan fingerprint density at radius 1 is 1.12 bits per heavy atom. The molecule has 0 N–H and O–H groups in total. The quantitative estimate of drug-likeness (QED) is 0.692. The molecule has 26 heavy (non-hydrogen) atoms. The highest BCUT2D eigenvalue weighted by atomic mass is 35.5. The molecule has 2 fully saturated rings. The van der Waals surface area contributed by atoms with Crippen molar-refractivity contribution in [2.75, 3.05) is 6.54 Å². The maximum Gasteiger partial charge on any atom is 0.267 e. The minimum Gasteiger partial charge on any atom is -0.478 e. The van der Waals surface area contributed by atoms with E-state index in [0.29, 0.717) is 10.9 Å². The van der Waals surface area contributed by atoms with Gasteiger partial charge in [-0.2, -0.15) is 0 Å². The maximum atomic E-state index is 13.0. The average Bonchev–Trinajstić information content (AvgIpc) is 3.15. The highest BCUT2D eigenvalue weighted by molar-refractivity contribution is 7.10. The second kappa shape index (κ2) is 6.28. The molecular weight excluding hydrogens is 366 g/mol. The van der Waals surface area contributed by atoms with E-state index in [0.717, 1.165) is 18.7 Å². The number of hydrogen-bond donors (Lipinski definition) is 0. The van der Waals surface area contributed by atoms with Gasteiger partial charge in [0.05, 0.1) is 0 Å². The van der Waals surface area contributed by atoms with Crippen molar-refractivity contribution < 1.29 is 9.53 Å². The van der Waals surface area contributed by atoms with Crippen LogP contribution in [0.5, 0.6) is 5.75 Å². The number of amides is 1. The Morgan fingerprint density at radius 2 is 1.88 bits per heavy atom. The Bertz CT molecular complexity index is 827. The second-order valence-corrected chi connectivity index (χ2v) is 9.05. The van der Waals surface area contributed by atoms with E-state index >= 15 is 0 Å². The van der Waals surface area contributed by atoms with Crippen LogP contribution in [0.3, 0.4) is 0 Å². The lowest BCUT2D eigenvalue weighted by molar-refractivity contribution is -0.198. The number of hydrogen-bond acceptors (Lipinski definition) is 3. The molecular formula is C21H22ClNO2S. The van der Waals surface area contributed by atoms with Crippen LogP contribution in [0.1, 0.15) is 42.5 Å². The predicted molar refractivity (Wildman–Crippen MR) is 104 cm³/mol. The van der Waals surface area contributed by atoms with Crippen LogP contribution >= 0.6 is 22.9 Å². The van der Waals surface area contributed by atoms with Crippen LogP contribution in [0.25, 0.3) is 0 Å². The van der Waals surface area contributed by atoms with Gasteiger partial charge in [-0.1, -0.05) is 30.9 Å². The summed E-state index contributed by atoms with van der Waals surface area (Å²) in [6.45, 7) is 0.823. The van der Waals surface area contributed by atoms with Crippen LogP contribution < -0.4 is 4.74 Å². The van der Waals surface area contributed by atoms with Gasteiger partial charge in [-0.3, -0.25) is 4.79 Å². The molecule has 1 aromatic carbocycles. The largest absolute Gasteiger partial charge is 0.478 e. The van der Waals surface area contributed by atoms with Crippen LogP contribution in [-0.4, -0.2) is 23.5 Å². The number of ether oxygens (including phenoxy) is 1. The van der Waals surface area contributed by atoms with Crippen LogP contribution in [0.15, 0.2) is 35.7 Å². The van der Waals surface area contributed by atoms with E-state index in [2.05, 4.69) is 16.3 Å². The number of fused-ring (bicyclic) bond motifs is 3. The number of β-lactam (4-membered cyclic amide) rings is 1. The fourth-order valence-electron chi connectivity index (χ4n) is 5.26. The van der Waals surface area contributed by atoms with Gasteiger partial charge in [0.1, 0.15) is 11.3 Å². The molecule has 3 aliphatic rings. The Balaban J connectivity index is 1.57. The Kier molecular flexibility index (Phi) is 4.02. The van der Waals surface area contributed by atoms with Crippen molar-refractivity contribution >= 4 is 28.8 Å². The van der Waals surface area contributed by atoms with Crippen molar-refractivity contribution in [2.45, 2.75) is 50.2 Å². The highest BCUT2D eigenvalue weighted by Gasteiger charge is 2.67. The van der Waals surface area contributed by atoms with E-state index in [1.807, 2.05) is 35.6 Å². The summed E-state index contributed by atoms with van der Waals surface area (Å²) >= 11 is 7.84. The third kappa shape index (κ3) is 2.28. The van der Waals surface area contributed by atoms with Crippen molar-refractivity contribution in [3.63, 3.8) is 0 Å². The highest BCUT2D eigenvalue weighted by Crippen LogP contribution is 2.56. The average molecular weight is 388 g/mol. The molecule has 0 unspecified atom stereocenters. The first-order chi connectivity index (χ1) is 12.7. The van der Waals surface area contributed by atoms with Crippen LogP contribution in [0.2, 0.25) is 5.02 Å². The second-order valence-electron chi connectivity index (χ2n) is 7.61. The molecule has 5 rings (SSSR count). The predicted octanol–water partition coefficient (Wildman–Crippen LogP) is 5.02. The van der Waals surface area contributed by atoms with Gasteiger partial charge in [-0.15, -0.1) is 11.3 Å². The zero-order chi connectivity index (χ0) is 17.7. The molecule has 1 saturated heterocycles. The molecule has 5 heteroatoms. The summed E-state index contributed by atoms with van der Waals surface area (Å²) in [6.07, 6.45) is 6.73. The normalized spacial score (nSPS) is 28.3. The summed E-state index contributed by atoms with van der Waals surface area (Å²) in [7, 11) is 0. The van der Waals surface area contributed by atoms with Gasteiger partial charge in [0, 0.05) is 16.4 Å². The molecule has 136 valence electrons. The molecule has 1 saturated carbocycles. The number of carbonyl (C=O) groups is 1. The lowest BCUT2D eigenvalue weighted by Gasteiger charge is -2.62. The van der Waals surface area contributed by atoms with E-state index < -0.39 is 6.10 Å². The fraction of sp³-hybridized carbons (Fsp3) is 0.476. The lowest BCUT2D eigenvalue weighted by atomic mass is 9.61. The number of nitrogens with zero attached hydrogens (tertiary/aromatic N) is 1. The first-order valence-corrected chi connectivity index (χ1v) is 10.8. The molecule has 0 bridgehead atoms. The molecule has 2 aromatic rings. The van der Waals surface area contributed by atoms with Gasteiger partial charge in [0.25, 0.3) is 5.91 Å². The zero-order valence-electron chi connectivity index (χ0n) is 14.6. The first kappa shape index (κ1) is 16.6. The molecule has 2 aliphatic heterocycles. The van der Waals surface area contributed by atoms with Crippen molar-refractivity contribution in [2.24, 2.45) is 5.92 Å². The lowest BCUT2D eigenvalue weighted by Crippen LogP contribution is -2.78. The van der Waals surface area contributed by atoms with Crippen molar-refractivity contribution in [1.82, 2.24) is 4.90 Å². The smallest absolute Gasteiger partial charge is 0.267 e. The minimum absolute atomic E-state index is 0.141. The van der Waals surface area contributed by atoms with Crippen molar-refractivity contribution in [3.05, 3.63) is 51.2 Å². The van der Waals surface area contributed by atoms with E-state index in [1.165, 1.54) is 42.5 Å². The third-order valence-electron chi connectivity index (χ3n) is 6.37. The van der Waals surface area contributed by atoms with Gasteiger partial charge in [0.2, 0.25) is 6.10 Å². The standard InChI is InChI=1S/C21H22ClNO2S/c22-15-6-8-16(9-7-15)25-19-20(24)23-12-10-18-17(11-13-26-18)21(19,23)14-4-2-1-3-5-14/h6-9,11,13-14,19H,1-5,10,12H2/t19-,21+/m0/s1. The van der Waals surface area contributed by atoms with Crippen molar-refractivity contribution in [1.29, 1.82) is 0 Å². The molecule has 1 aliphatic carbocycles. The van der Waals surface area contributed by atoms with Gasteiger partial charge in [-0.05, 0) is 66.5 Å². The summed E-state index contributed by atoms with van der Waals surface area (Å²) in [5.41, 5.74) is 1.07. The monoisotopic (exact) mass is 387 g/mol. The molecule has 3 nitrogen and oxygen atoms in total. The summed E-state index contributed by atoms with van der Waals surface area (Å²) in [5.74, 6) is 1.35. The van der Waals surface area contributed by atoms with Gasteiger partial charge >= 0.3 is 0 Å². The maximum absolute atomic E-state index is 13.0. The fourth-order valence-corrected chi connectivity index (χ4v) is 6.32. The molecule has 3 heterocycles. The number of benzene rings is 1. The van der Waals surface area contributed by atoms with Crippen molar-refractivity contribution in [3.8, 4) is 5.75 Å². The van der Waals surface area contributed by atoms with E-state index in [-0.39, 0.29) is 11.4 Å². The molecule has 0 radical (unpaired) electrons. The Hall–Kier alpha value is -1.52. The van der Waals surface area contributed by atoms with Gasteiger partial charge in [0.15, 0.2) is 0 Å². The minimum atomic E-state index is -0.416. The molecule has 1 amide bonds. The first-order valence-electron chi connectivity index (χ1n) is 9.52. The SMILES string of the molecule is O=C1[C@H](Oc2ccc(Cl)cc2)[C@@]2(C3CCCCC3)c3ccsc3CCN12. The number of thiophene rings is 1. The Labute approximate surface area is 162 Å². The summed E-state index contributed by atoms with van der Waals surface area (Å²) < 4.78 is 6.32.